The van der Waals surface area contributed by atoms with Gasteiger partial charge >= 0.3 is 0 Å². The molecule has 0 saturated heterocycles. The maximum atomic E-state index is 7.47. The molecule has 1 fully saturated rings. The summed E-state index contributed by atoms with van der Waals surface area (Å²) in [6, 6.07) is 3.77. The SMILES string of the molecule is N=C(N)c1ncccc1COCC1CCCCC1. The van der Waals surface area contributed by atoms with Crippen LogP contribution >= 0.6 is 0 Å². The number of nitrogens with two attached hydrogens (primary N) is 1. The highest BCUT2D eigenvalue weighted by Crippen LogP contribution is 2.24. The number of rotatable bonds is 5. The highest BCUT2D eigenvalue weighted by Gasteiger charge is 2.14. The molecule has 0 radical (unpaired) electrons. The molecule has 0 aromatic carbocycles. The quantitative estimate of drug-likeness (QED) is 0.620. The average Bonchev–Trinajstić information content (AvgIpc) is 2.40. The van der Waals surface area contributed by atoms with Gasteiger partial charge in [0.1, 0.15) is 11.5 Å². The minimum Gasteiger partial charge on any atom is -0.382 e. The van der Waals surface area contributed by atoms with E-state index in [1.165, 1.54) is 32.1 Å². The lowest BCUT2D eigenvalue weighted by Gasteiger charge is -2.21. The van der Waals surface area contributed by atoms with Crippen LogP contribution in [0.15, 0.2) is 18.3 Å². The van der Waals surface area contributed by atoms with Crippen molar-refractivity contribution < 1.29 is 4.74 Å². The normalized spacial score (nSPS) is 16.7. The third kappa shape index (κ3) is 3.53. The van der Waals surface area contributed by atoms with Crippen molar-refractivity contribution in [2.45, 2.75) is 38.7 Å². The number of amidine groups is 1. The van der Waals surface area contributed by atoms with Crippen LogP contribution in [0.2, 0.25) is 0 Å². The van der Waals surface area contributed by atoms with E-state index in [2.05, 4.69) is 4.98 Å². The number of pyridine rings is 1. The predicted molar refractivity (Wildman–Crippen MR) is 71.5 cm³/mol. The standard InChI is InChI=1S/C14H21N3O/c15-14(16)13-12(7-4-8-17-13)10-18-9-11-5-2-1-3-6-11/h4,7-8,11H,1-3,5-6,9-10H2,(H3,15,16). The second-order valence-electron chi connectivity index (χ2n) is 4.94. The summed E-state index contributed by atoms with van der Waals surface area (Å²) in [5, 5.41) is 7.47. The molecule has 4 nitrogen and oxygen atoms in total. The second kappa shape index (κ2) is 6.50. The Bertz CT molecular complexity index is 400. The monoisotopic (exact) mass is 247 g/mol. The maximum Gasteiger partial charge on any atom is 0.142 e. The Morgan fingerprint density at radius 3 is 2.89 bits per heavy atom. The van der Waals surface area contributed by atoms with Crippen molar-refractivity contribution in [2.24, 2.45) is 11.7 Å². The summed E-state index contributed by atoms with van der Waals surface area (Å²) in [5.74, 6) is 0.711. The molecule has 0 aliphatic heterocycles. The largest absolute Gasteiger partial charge is 0.382 e. The molecule has 1 aliphatic rings. The zero-order valence-corrected chi connectivity index (χ0v) is 10.7. The highest BCUT2D eigenvalue weighted by molar-refractivity contribution is 5.94. The molecule has 0 amide bonds. The van der Waals surface area contributed by atoms with Gasteiger partial charge < -0.3 is 10.5 Å². The first-order valence-corrected chi connectivity index (χ1v) is 6.63. The van der Waals surface area contributed by atoms with E-state index in [-0.39, 0.29) is 5.84 Å². The van der Waals surface area contributed by atoms with Gasteiger partial charge in [0.05, 0.1) is 6.61 Å². The van der Waals surface area contributed by atoms with E-state index >= 15 is 0 Å². The fraction of sp³-hybridized carbons (Fsp3) is 0.571. The molecule has 3 N–H and O–H groups in total. The van der Waals surface area contributed by atoms with Gasteiger partial charge in [-0.15, -0.1) is 0 Å². The van der Waals surface area contributed by atoms with Crippen LogP contribution in [0.4, 0.5) is 0 Å². The summed E-state index contributed by atoms with van der Waals surface area (Å²) in [6.07, 6.45) is 8.26. The van der Waals surface area contributed by atoms with E-state index in [1.54, 1.807) is 6.20 Å². The van der Waals surface area contributed by atoms with Gasteiger partial charge in [-0.1, -0.05) is 25.3 Å². The Hall–Kier alpha value is -1.42. The molecule has 18 heavy (non-hydrogen) atoms. The summed E-state index contributed by atoms with van der Waals surface area (Å²) < 4.78 is 5.76. The van der Waals surface area contributed by atoms with E-state index in [4.69, 9.17) is 15.9 Å². The van der Waals surface area contributed by atoms with Gasteiger partial charge in [-0.2, -0.15) is 0 Å². The number of nitrogens with one attached hydrogen (secondary N) is 1. The van der Waals surface area contributed by atoms with E-state index in [1.807, 2.05) is 12.1 Å². The summed E-state index contributed by atoms with van der Waals surface area (Å²) in [4.78, 5) is 4.11. The van der Waals surface area contributed by atoms with Crippen LogP contribution in [0, 0.1) is 11.3 Å². The third-order valence-electron chi connectivity index (χ3n) is 3.48. The van der Waals surface area contributed by atoms with Gasteiger partial charge in [-0.3, -0.25) is 10.4 Å². The molecule has 2 rings (SSSR count). The Labute approximate surface area is 108 Å². The van der Waals surface area contributed by atoms with E-state index in [0.717, 1.165) is 12.2 Å². The van der Waals surface area contributed by atoms with Crippen LogP contribution in [0.25, 0.3) is 0 Å². The van der Waals surface area contributed by atoms with Crippen molar-refractivity contribution in [1.29, 1.82) is 5.41 Å². The van der Waals surface area contributed by atoms with Crippen LogP contribution in [0.1, 0.15) is 43.4 Å². The number of aromatic nitrogens is 1. The van der Waals surface area contributed by atoms with Crippen molar-refractivity contribution in [1.82, 2.24) is 4.98 Å². The first-order chi connectivity index (χ1) is 8.77. The first-order valence-electron chi connectivity index (χ1n) is 6.63. The molecular weight excluding hydrogens is 226 g/mol. The molecule has 0 spiro atoms. The summed E-state index contributed by atoms with van der Waals surface area (Å²) >= 11 is 0. The topological polar surface area (TPSA) is 72.0 Å². The smallest absolute Gasteiger partial charge is 0.142 e. The Kier molecular flexibility index (Phi) is 4.70. The van der Waals surface area contributed by atoms with E-state index < -0.39 is 0 Å². The van der Waals surface area contributed by atoms with E-state index in [9.17, 15) is 0 Å². The second-order valence-corrected chi connectivity index (χ2v) is 4.94. The molecule has 98 valence electrons. The van der Waals surface area contributed by atoms with Crippen LogP contribution in [0.3, 0.4) is 0 Å². The first kappa shape index (κ1) is 13.0. The Balaban J connectivity index is 1.84. The molecule has 1 aromatic rings. The lowest BCUT2D eigenvalue weighted by Crippen LogP contribution is -2.17. The van der Waals surface area contributed by atoms with Crippen molar-refractivity contribution >= 4 is 5.84 Å². The molecular formula is C14H21N3O. The average molecular weight is 247 g/mol. The molecule has 0 unspecified atom stereocenters. The van der Waals surface area contributed by atoms with Crippen LogP contribution < -0.4 is 5.73 Å². The number of hydrogen-bond donors (Lipinski definition) is 2. The zero-order chi connectivity index (χ0) is 12.8. The van der Waals surface area contributed by atoms with Crippen molar-refractivity contribution in [3.63, 3.8) is 0 Å². The van der Waals surface area contributed by atoms with Crippen LogP contribution in [-0.2, 0) is 11.3 Å². The van der Waals surface area contributed by atoms with Gasteiger partial charge in [-0.05, 0) is 24.8 Å². The molecule has 1 aliphatic carbocycles. The number of ether oxygens (including phenoxy) is 1. The van der Waals surface area contributed by atoms with Crippen LogP contribution in [-0.4, -0.2) is 17.4 Å². The Morgan fingerprint density at radius 2 is 2.17 bits per heavy atom. The fourth-order valence-corrected chi connectivity index (χ4v) is 2.49. The van der Waals surface area contributed by atoms with Gasteiger partial charge in [0, 0.05) is 18.4 Å². The maximum absolute atomic E-state index is 7.47. The molecule has 1 heterocycles. The molecule has 1 aromatic heterocycles. The highest BCUT2D eigenvalue weighted by atomic mass is 16.5. The van der Waals surface area contributed by atoms with Gasteiger partial charge in [0.25, 0.3) is 0 Å². The Morgan fingerprint density at radius 1 is 1.39 bits per heavy atom. The molecule has 1 saturated carbocycles. The lowest BCUT2D eigenvalue weighted by atomic mass is 9.90. The van der Waals surface area contributed by atoms with Crippen molar-refractivity contribution in [3.05, 3.63) is 29.6 Å². The zero-order valence-electron chi connectivity index (χ0n) is 10.7. The molecule has 0 atom stereocenters. The number of hydrogen-bond acceptors (Lipinski definition) is 3. The minimum atomic E-state index is 0.00636. The molecule has 0 bridgehead atoms. The summed E-state index contributed by atoms with van der Waals surface area (Å²) in [6.45, 7) is 1.31. The molecule has 4 heteroatoms. The van der Waals surface area contributed by atoms with Gasteiger partial charge in [-0.25, -0.2) is 0 Å². The van der Waals surface area contributed by atoms with Crippen molar-refractivity contribution in [2.75, 3.05) is 6.61 Å². The fourth-order valence-electron chi connectivity index (χ4n) is 2.49. The van der Waals surface area contributed by atoms with Crippen molar-refractivity contribution in [3.8, 4) is 0 Å². The third-order valence-corrected chi connectivity index (χ3v) is 3.48. The lowest BCUT2D eigenvalue weighted by molar-refractivity contribution is 0.0737. The van der Waals surface area contributed by atoms with Crippen LogP contribution in [0.5, 0.6) is 0 Å². The van der Waals surface area contributed by atoms with Gasteiger partial charge in [0.15, 0.2) is 0 Å². The van der Waals surface area contributed by atoms with Gasteiger partial charge in [0.2, 0.25) is 0 Å². The number of nitrogen functional groups attached to an aromatic ring is 1. The minimum absolute atomic E-state index is 0.00636. The summed E-state index contributed by atoms with van der Waals surface area (Å²) in [7, 11) is 0. The summed E-state index contributed by atoms with van der Waals surface area (Å²) in [5.41, 5.74) is 6.94. The van der Waals surface area contributed by atoms with E-state index in [0.29, 0.717) is 18.2 Å². The number of nitrogens with zero attached hydrogens (tertiary/aromatic N) is 1. The predicted octanol–water partition coefficient (Wildman–Crippen LogP) is 2.46.